The van der Waals surface area contributed by atoms with Gasteiger partial charge in [-0.2, -0.15) is 0 Å². The van der Waals surface area contributed by atoms with E-state index in [0.29, 0.717) is 6.42 Å². The summed E-state index contributed by atoms with van der Waals surface area (Å²) in [5.74, 6) is -0.0463. The summed E-state index contributed by atoms with van der Waals surface area (Å²) >= 11 is 0. The van der Waals surface area contributed by atoms with Crippen molar-refractivity contribution in [1.29, 1.82) is 0 Å². The molecule has 0 fully saturated rings. The Hall–Kier alpha value is -1.29. The van der Waals surface area contributed by atoms with Crippen LogP contribution in [0.1, 0.15) is 5.69 Å². The van der Waals surface area contributed by atoms with Gasteiger partial charge in [-0.3, -0.25) is 10.2 Å². The van der Waals surface area contributed by atoms with Crippen LogP contribution in [0.5, 0.6) is 0 Å². The highest BCUT2D eigenvalue weighted by molar-refractivity contribution is 5.77. The Kier molecular flexibility index (Phi) is 2.68. The van der Waals surface area contributed by atoms with E-state index in [1.807, 2.05) is 12.1 Å². The van der Waals surface area contributed by atoms with Gasteiger partial charge in [0.2, 0.25) is 5.91 Å². The van der Waals surface area contributed by atoms with Gasteiger partial charge in [0, 0.05) is 18.9 Å². The van der Waals surface area contributed by atoms with Crippen molar-refractivity contribution >= 4 is 5.91 Å². The molecule has 60 valence electrons. The molecule has 0 unspecified atom stereocenters. The largest absolute Gasteiger partial charge is 0.365 e. The van der Waals surface area contributed by atoms with Gasteiger partial charge in [-0.25, -0.2) is 5.43 Å². The molecule has 0 aromatic carbocycles. The van der Waals surface area contributed by atoms with Gasteiger partial charge >= 0.3 is 0 Å². The first-order valence-corrected chi connectivity index (χ1v) is 3.41. The number of hydrogen-bond donors (Lipinski definition) is 3. The Balaban J connectivity index is 2.37. The lowest BCUT2D eigenvalue weighted by atomic mass is 10.3. The van der Waals surface area contributed by atoms with Gasteiger partial charge in [-0.15, -0.1) is 0 Å². The summed E-state index contributed by atoms with van der Waals surface area (Å²) in [7, 11) is 1.66. The van der Waals surface area contributed by atoms with Crippen LogP contribution in [0.4, 0.5) is 0 Å². The van der Waals surface area contributed by atoms with E-state index in [9.17, 15) is 4.79 Å². The highest BCUT2D eigenvalue weighted by Crippen LogP contribution is 1.94. The van der Waals surface area contributed by atoms with Crippen LogP contribution in [0, 0.1) is 0 Å². The standard InChI is InChI=1S/C7H11N3O/c1-8-10-7(11)5-6-3-2-4-9-6/h2-4,8-9H,5H2,1H3,(H,10,11). The first-order chi connectivity index (χ1) is 5.33. The molecule has 0 spiro atoms. The van der Waals surface area contributed by atoms with Crippen molar-refractivity contribution < 1.29 is 4.79 Å². The predicted octanol–water partition coefficient (Wildman–Crippen LogP) is -0.192. The highest BCUT2D eigenvalue weighted by atomic mass is 16.2. The van der Waals surface area contributed by atoms with Gasteiger partial charge in [-0.05, 0) is 12.1 Å². The molecule has 0 aliphatic heterocycles. The molecule has 1 rings (SSSR count). The Bertz CT molecular complexity index is 218. The lowest BCUT2D eigenvalue weighted by Crippen LogP contribution is -2.35. The first-order valence-electron chi connectivity index (χ1n) is 3.41. The molecule has 1 aromatic heterocycles. The molecule has 1 heterocycles. The summed E-state index contributed by atoms with van der Waals surface area (Å²) in [6.45, 7) is 0. The number of hydrogen-bond acceptors (Lipinski definition) is 2. The molecule has 1 amide bonds. The van der Waals surface area contributed by atoms with Gasteiger partial charge in [0.05, 0.1) is 6.42 Å². The zero-order valence-electron chi connectivity index (χ0n) is 6.35. The van der Waals surface area contributed by atoms with Crippen LogP contribution in [-0.4, -0.2) is 17.9 Å². The quantitative estimate of drug-likeness (QED) is 0.527. The molecule has 0 saturated carbocycles. The van der Waals surface area contributed by atoms with Gasteiger partial charge in [0.25, 0.3) is 0 Å². The molecule has 0 aliphatic rings. The van der Waals surface area contributed by atoms with E-state index in [2.05, 4.69) is 15.8 Å². The van der Waals surface area contributed by atoms with E-state index in [0.717, 1.165) is 5.69 Å². The van der Waals surface area contributed by atoms with Crippen molar-refractivity contribution in [2.24, 2.45) is 0 Å². The topological polar surface area (TPSA) is 56.9 Å². The first kappa shape index (κ1) is 7.81. The minimum absolute atomic E-state index is 0.0463. The van der Waals surface area contributed by atoms with E-state index in [1.165, 1.54) is 0 Å². The van der Waals surface area contributed by atoms with E-state index >= 15 is 0 Å². The molecule has 0 atom stereocenters. The van der Waals surface area contributed by atoms with Crippen LogP contribution in [0.25, 0.3) is 0 Å². The monoisotopic (exact) mass is 153 g/mol. The average molecular weight is 153 g/mol. The number of nitrogens with one attached hydrogen (secondary N) is 3. The number of carbonyl (C=O) groups is 1. The molecule has 0 bridgehead atoms. The van der Waals surface area contributed by atoms with E-state index < -0.39 is 0 Å². The second-order valence-electron chi connectivity index (χ2n) is 2.17. The molecule has 0 saturated heterocycles. The maximum Gasteiger partial charge on any atom is 0.239 e. The second kappa shape index (κ2) is 3.78. The van der Waals surface area contributed by atoms with Crippen LogP contribution >= 0.6 is 0 Å². The Morgan fingerprint density at radius 2 is 2.55 bits per heavy atom. The van der Waals surface area contributed by atoms with Gasteiger partial charge in [0.15, 0.2) is 0 Å². The lowest BCUT2D eigenvalue weighted by molar-refractivity contribution is -0.121. The van der Waals surface area contributed by atoms with Gasteiger partial charge in [-0.1, -0.05) is 0 Å². The Labute approximate surface area is 65.0 Å². The average Bonchev–Trinajstić information content (AvgIpc) is 2.40. The molecule has 11 heavy (non-hydrogen) atoms. The van der Waals surface area contributed by atoms with Crippen molar-refractivity contribution in [2.75, 3.05) is 7.05 Å². The number of hydrazine groups is 1. The number of rotatable bonds is 3. The third kappa shape index (κ3) is 2.43. The van der Waals surface area contributed by atoms with Crippen LogP contribution < -0.4 is 10.9 Å². The third-order valence-electron chi connectivity index (χ3n) is 1.28. The van der Waals surface area contributed by atoms with E-state index in [1.54, 1.807) is 13.2 Å². The summed E-state index contributed by atoms with van der Waals surface area (Å²) in [6.07, 6.45) is 2.18. The third-order valence-corrected chi connectivity index (χ3v) is 1.28. The molecular weight excluding hydrogens is 142 g/mol. The van der Waals surface area contributed by atoms with Crippen LogP contribution in [0.2, 0.25) is 0 Å². The molecule has 1 aromatic rings. The van der Waals surface area contributed by atoms with Crippen LogP contribution in [0.3, 0.4) is 0 Å². The number of amides is 1. The molecular formula is C7H11N3O. The summed E-state index contributed by atoms with van der Waals surface area (Å²) in [5, 5.41) is 0. The summed E-state index contributed by atoms with van der Waals surface area (Å²) in [6, 6.07) is 3.73. The fourth-order valence-electron chi connectivity index (χ4n) is 0.834. The van der Waals surface area contributed by atoms with Crippen LogP contribution in [-0.2, 0) is 11.2 Å². The normalized spacial score (nSPS) is 9.55. The van der Waals surface area contributed by atoms with Crippen molar-refractivity contribution in [2.45, 2.75) is 6.42 Å². The van der Waals surface area contributed by atoms with Crippen molar-refractivity contribution in [3.05, 3.63) is 24.0 Å². The number of aromatic nitrogens is 1. The number of H-pyrrole nitrogens is 1. The zero-order chi connectivity index (χ0) is 8.10. The molecule has 0 aliphatic carbocycles. The summed E-state index contributed by atoms with van der Waals surface area (Å²) < 4.78 is 0. The maximum absolute atomic E-state index is 10.9. The second-order valence-corrected chi connectivity index (χ2v) is 2.17. The highest BCUT2D eigenvalue weighted by Gasteiger charge is 2.00. The Morgan fingerprint density at radius 1 is 1.73 bits per heavy atom. The summed E-state index contributed by atoms with van der Waals surface area (Å²) in [5.41, 5.74) is 5.96. The van der Waals surface area contributed by atoms with E-state index in [4.69, 9.17) is 0 Å². The fourth-order valence-corrected chi connectivity index (χ4v) is 0.834. The van der Waals surface area contributed by atoms with Gasteiger partial charge in [0.1, 0.15) is 0 Å². The van der Waals surface area contributed by atoms with Crippen molar-refractivity contribution in [3.63, 3.8) is 0 Å². The van der Waals surface area contributed by atoms with Gasteiger partial charge < -0.3 is 4.98 Å². The summed E-state index contributed by atoms with van der Waals surface area (Å²) in [4.78, 5) is 13.9. The fraction of sp³-hybridized carbons (Fsp3) is 0.286. The Morgan fingerprint density at radius 3 is 3.09 bits per heavy atom. The minimum Gasteiger partial charge on any atom is -0.365 e. The minimum atomic E-state index is -0.0463. The molecule has 0 radical (unpaired) electrons. The van der Waals surface area contributed by atoms with Crippen molar-refractivity contribution in [1.82, 2.24) is 15.8 Å². The molecule has 4 nitrogen and oxygen atoms in total. The molecule has 4 heteroatoms. The van der Waals surface area contributed by atoms with E-state index in [-0.39, 0.29) is 5.91 Å². The smallest absolute Gasteiger partial charge is 0.239 e. The zero-order valence-corrected chi connectivity index (χ0v) is 6.35. The molecule has 3 N–H and O–H groups in total. The van der Waals surface area contributed by atoms with Crippen molar-refractivity contribution in [3.8, 4) is 0 Å². The maximum atomic E-state index is 10.9. The number of aromatic amines is 1. The predicted molar refractivity (Wildman–Crippen MR) is 41.7 cm³/mol. The number of carbonyl (C=O) groups excluding carboxylic acids is 1. The SMILES string of the molecule is CNNC(=O)Cc1ccc[nH]1. The lowest BCUT2D eigenvalue weighted by Gasteiger charge is -1.99. The van der Waals surface area contributed by atoms with Crippen LogP contribution in [0.15, 0.2) is 18.3 Å².